The van der Waals surface area contributed by atoms with Crippen LogP contribution in [0.4, 0.5) is 4.79 Å². The van der Waals surface area contributed by atoms with Gasteiger partial charge in [-0.05, 0) is 6.42 Å². The molecule has 2 heterocycles. The number of likely N-dealkylation sites (tertiary alicyclic amines) is 1. The molecule has 2 N–H and O–H groups in total. The Kier molecular flexibility index (Phi) is 3.16. The van der Waals surface area contributed by atoms with E-state index in [9.17, 15) is 14.4 Å². The third kappa shape index (κ3) is 2.48. The third-order valence-corrected chi connectivity index (χ3v) is 3.12. The van der Waals surface area contributed by atoms with E-state index in [1.54, 1.807) is 0 Å². The predicted molar refractivity (Wildman–Crippen MR) is 57.3 cm³/mol. The molecule has 7 heteroatoms. The molecular formula is C10H15N3O4. The van der Waals surface area contributed by atoms with E-state index in [4.69, 9.17) is 5.11 Å². The summed E-state index contributed by atoms with van der Waals surface area (Å²) < 4.78 is 0. The average Bonchev–Trinajstić information content (AvgIpc) is 2.77. The number of nitrogens with zero attached hydrogens (tertiary/aromatic N) is 2. The number of hydrogen-bond acceptors (Lipinski definition) is 3. The number of carboxylic acids is 1. The molecule has 2 saturated heterocycles. The summed E-state index contributed by atoms with van der Waals surface area (Å²) in [5.41, 5.74) is 0. The number of aliphatic carboxylic acids is 1. The number of amides is 3. The van der Waals surface area contributed by atoms with Crippen LogP contribution < -0.4 is 5.32 Å². The fourth-order valence-electron chi connectivity index (χ4n) is 2.14. The van der Waals surface area contributed by atoms with Gasteiger partial charge in [0.05, 0.1) is 5.92 Å². The predicted octanol–water partition coefficient (Wildman–Crippen LogP) is -1.06. The van der Waals surface area contributed by atoms with E-state index in [2.05, 4.69) is 5.32 Å². The molecule has 0 saturated carbocycles. The van der Waals surface area contributed by atoms with Crippen LogP contribution in [-0.2, 0) is 9.59 Å². The minimum absolute atomic E-state index is 0.0626. The molecule has 0 aliphatic carbocycles. The van der Waals surface area contributed by atoms with Crippen LogP contribution in [0.5, 0.6) is 0 Å². The molecule has 0 aromatic rings. The van der Waals surface area contributed by atoms with Crippen molar-refractivity contribution in [2.75, 3.05) is 32.7 Å². The zero-order valence-corrected chi connectivity index (χ0v) is 9.39. The molecular weight excluding hydrogens is 226 g/mol. The van der Waals surface area contributed by atoms with Gasteiger partial charge in [0.15, 0.2) is 0 Å². The van der Waals surface area contributed by atoms with Gasteiger partial charge < -0.3 is 20.2 Å². The van der Waals surface area contributed by atoms with E-state index < -0.39 is 11.9 Å². The lowest BCUT2D eigenvalue weighted by molar-refractivity contribution is -0.141. The number of carbonyl (C=O) groups excluding carboxylic acids is 2. The summed E-state index contributed by atoms with van der Waals surface area (Å²) in [6.45, 7) is 1.70. The Bertz CT molecular complexity index is 357. The van der Waals surface area contributed by atoms with Crippen molar-refractivity contribution in [1.29, 1.82) is 0 Å². The molecule has 7 nitrogen and oxygen atoms in total. The summed E-state index contributed by atoms with van der Waals surface area (Å²) >= 11 is 0. The Morgan fingerprint density at radius 2 is 2.06 bits per heavy atom. The van der Waals surface area contributed by atoms with Gasteiger partial charge in [0.2, 0.25) is 5.91 Å². The first kappa shape index (κ1) is 11.7. The monoisotopic (exact) mass is 241 g/mol. The maximum atomic E-state index is 12.0. The normalized spacial score (nSPS) is 24.7. The second kappa shape index (κ2) is 4.60. The highest BCUT2D eigenvalue weighted by Crippen LogP contribution is 2.18. The molecule has 0 aromatic carbocycles. The molecule has 17 heavy (non-hydrogen) atoms. The highest BCUT2D eigenvalue weighted by Gasteiger charge is 2.34. The van der Waals surface area contributed by atoms with E-state index >= 15 is 0 Å². The molecule has 2 fully saturated rings. The van der Waals surface area contributed by atoms with Crippen molar-refractivity contribution in [3.63, 3.8) is 0 Å². The molecule has 0 bridgehead atoms. The molecule has 1 atom stereocenters. The quantitative estimate of drug-likeness (QED) is 0.612. The lowest BCUT2D eigenvalue weighted by atomic mass is 10.1. The Morgan fingerprint density at radius 3 is 2.65 bits per heavy atom. The van der Waals surface area contributed by atoms with E-state index in [1.807, 2.05) is 0 Å². The highest BCUT2D eigenvalue weighted by molar-refractivity contribution is 5.85. The minimum Gasteiger partial charge on any atom is -0.481 e. The summed E-state index contributed by atoms with van der Waals surface area (Å²) in [7, 11) is 0. The van der Waals surface area contributed by atoms with Gasteiger partial charge in [-0.25, -0.2) is 4.79 Å². The zero-order chi connectivity index (χ0) is 12.4. The SMILES string of the molecule is O=C1CN(C(=O)N2CCC(C(=O)O)C2)CCN1. The van der Waals surface area contributed by atoms with Gasteiger partial charge in [-0.3, -0.25) is 9.59 Å². The number of carbonyl (C=O) groups is 3. The second-order valence-electron chi connectivity index (χ2n) is 4.32. The van der Waals surface area contributed by atoms with Crippen LogP contribution in [0.15, 0.2) is 0 Å². The van der Waals surface area contributed by atoms with Crippen molar-refractivity contribution in [2.45, 2.75) is 6.42 Å². The average molecular weight is 241 g/mol. The van der Waals surface area contributed by atoms with E-state index in [0.29, 0.717) is 26.1 Å². The van der Waals surface area contributed by atoms with E-state index in [1.165, 1.54) is 9.80 Å². The maximum absolute atomic E-state index is 12.0. The number of rotatable bonds is 1. The summed E-state index contributed by atoms with van der Waals surface area (Å²) in [5.74, 6) is -1.51. The smallest absolute Gasteiger partial charge is 0.320 e. The Balaban J connectivity index is 1.92. The molecule has 0 spiro atoms. The second-order valence-corrected chi connectivity index (χ2v) is 4.32. The van der Waals surface area contributed by atoms with Crippen LogP contribution in [0, 0.1) is 5.92 Å². The topological polar surface area (TPSA) is 90.0 Å². The fourth-order valence-corrected chi connectivity index (χ4v) is 2.14. The molecule has 0 radical (unpaired) electrons. The number of urea groups is 1. The van der Waals surface area contributed by atoms with Crippen molar-refractivity contribution >= 4 is 17.9 Å². The minimum atomic E-state index is -0.864. The van der Waals surface area contributed by atoms with Gasteiger partial charge in [-0.1, -0.05) is 0 Å². The largest absolute Gasteiger partial charge is 0.481 e. The number of piperazine rings is 1. The molecule has 2 aliphatic heterocycles. The highest BCUT2D eigenvalue weighted by atomic mass is 16.4. The molecule has 2 rings (SSSR count). The lowest BCUT2D eigenvalue weighted by Gasteiger charge is -2.30. The molecule has 3 amide bonds. The van der Waals surface area contributed by atoms with Crippen molar-refractivity contribution in [1.82, 2.24) is 15.1 Å². The Labute approximate surface area is 98.4 Å². The molecule has 0 aromatic heterocycles. The Hall–Kier alpha value is -1.79. The van der Waals surface area contributed by atoms with Gasteiger partial charge in [0, 0.05) is 26.2 Å². The van der Waals surface area contributed by atoms with Crippen molar-refractivity contribution < 1.29 is 19.5 Å². The van der Waals surface area contributed by atoms with Crippen LogP contribution in [0.3, 0.4) is 0 Å². The first-order valence-electron chi connectivity index (χ1n) is 5.61. The van der Waals surface area contributed by atoms with Crippen LogP contribution in [0.1, 0.15) is 6.42 Å². The standard InChI is InChI=1S/C10H15N3O4/c14-8-6-13(4-2-11-8)10(17)12-3-1-7(5-12)9(15)16/h7H,1-6H2,(H,11,14)(H,15,16). The summed E-state index contributed by atoms with van der Waals surface area (Å²) in [5, 5.41) is 11.5. The fraction of sp³-hybridized carbons (Fsp3) is 0.700. The zero-order valence-electron chi connectivity index (χ0n) is 9.39. The summed E-state index contributed by atoms with van der Waals surface area (Å²) in [6, 6.07) is -0.233. The number of nitrogens with one attached hydrogen (secondary N) is 1. The summed E-state index contributed by atoms with van der Waals surface area (Å²) in [6.07, 6.45) is 0.487. The molecule has 2 aliphatic rings. The van der Waals surface area contributed by atoms with Crippen molar-refractivity contribution in [3.8, 4) is 0 Å². The van der Waals surface area contributed by atoms with Gasteiger partial charge in [-0.2, -0.15) is 0 Å². The molecule has 94 valence electrons. The third-order valence-electron chi connectivity index (χ3n) is 3.12. The summed E-state index contributed by atoms with van der Waals surface area (Å²) in [4.78, 5) is 36.9. The first-order chi connectivity index (χ1) is 8.08. The van der Waals surface area contributed by atoms with Crippen LogP contribution in [-0.4, -0.2) is 65.5 Å². The van der Waals surface area contributed by atoms with Gasteiger partial charge >= 0.3 is 12.0 Å². The van der Waals surface area contributed by atoms with Gasteiger partial charge in [0.25, 0.3) is 0 Å². The number of hydrogen-bond donors (Lipinski definition) is 2. The van der Waals surface area contributed by atoms with Gasteiger partial charge in [0.1, 0.15) is 6.54 Å². The van der Waals surface area contributed by atoms with Crippen LogP contribution in [0.2, 0.25) is 0 Å². The van der Waals surface area contributed by atoms with Gasteiger partial charge in [-0.15, -0.1) is 0 Å². The van der Waals surface area contributed by atoms with Crippen LogP contribution >= 0.6 is 0 Å². The molecule has 1 unspecified atom stereocenters. The Morgan fingerprint density at radius 1 is 1.29 bits per heavy atom. The van der Waals surface area contributed by atoms with E-state index in [-0.39, 0.29) is 25.0 Å². The van der Waals surface area contributed by atoms with E-state index in [0.717, 1.165) is 0 Å². The maximum Gasteiger partial charge on any atom is 0.320 e. The van der Waals surface area contributed by atoms with Crippen molar-refractivity contribution in [3.05, 3.63) is 0 Å². The van der Waals surface area contributed by atoms with Crippen molar-refractivity contribution in [2.24, 2.45) is 5.92 Å². The van der Waals surface area contributed by atoms with Crippen LogP contribution in [0.25, 0.3) is 0 Å². The number of carboxylic acid groups (broad SMARTS) is 1. The lowest BCUT2D eigenvalue weighted by Crippen LogP contribution is -2.53. The first-order valence-corrected chi connectivity index (χ1v) is 5.61.